The molecule has 0 fully saturated rings. The number of hydrogen-bond acceptors (Lipinski definition) is 4. The fourth-order valence-electron chi connectivity index (χ4n) is 1.93. The van der Waals surface area contributed by atoms with Crippen molar-refractivity contribution in [1.29, 1.82) is 0 Å². The zero-order valence-electron chi connectivity index (χ0n) is 9.71. The SMILES string of the molecule is O/N=C(/c1ccc(Cl)cn1)c1ccnc2[nH]ccc12. The normalized spacial score (nSPS) is 11.9. The summed E-state index contributed by atoms with van der Waals surface area (Å²) in [5.41, 5.74) is 2.40. The maximum absolute atomic E-state index is 9.28. The number of H-pyrrole nitrogens is 1. The van der Waals surface area contributed by atoms with E-state index >= 15 is 0 Å². The Morgan fingerprint density at radius 2 is 2.11 bits per heavy atom. The molecule has 0 radical (unpaired) electrons. The number of fused-ring (bicyclic) bond motifs is 1. The van der Waals surface area contributed by atoms with Gasteiger partial charge in [0.15, 0.2) is 0 Å². The van der Waals surface area contributed by atoms with Gasteiger partial charge in [0, 0.05) is 29.5 Å². The molecular weight excluding hydrogens is 264 g/mol. The summed E-state index contributed by atoms with van der Waals surface area (Å²) in [6.07, 6.45) is 4.94. The Balaban J connectivity index is 2.18. The van der Waals surface area contributed by atoms with Crippen molar-refractivity contribution < 1.29 is 5.21 Å². The standard InChI is InChI=1S/C13H9ClN4O/c14-8-1-2-11(17-7-8)12(18-19)9-3-5-15-13-10(9)4-6-16-13/h1-7,19H,(H,15,16)/b18-12+. The van der Waals surface area contributed by atoms with Gasteiger partial charge >= 0.3 is 0 Å². The average Bonchev–Trinajstić information content (AvgIpc) is 2.91. The Kier molecular flexibility index (Phi) is 2.89. The highest BCUT2D eigenvalue weighted by Gasteiger charge is 2.13. The van der Waals surface area contributed by atoms with Crippen molar-refractivity contribution in [2.45, 2.75) is 0 Å². The molecule has 0 aliphatic carbocycles. The topological polar surface area (TPSA) is 74.2 Å². The van der Waals surface area contributed by atoms with Gasteiger partial charge in [-0.3, -0.25) is 4.98 Å². The van der Waals surface area contributed by atoms with E-state index in [0.29, 0.717) is 16.4 Å². The molecule has 0 spiro atoms. The van der Waals surface area contributed by atoms with Crippen LogP contribution in [-0.4, -0.2) is 25.9 Å². The number of nitrogens with zero attached hydrogens (tertiary/aromatic N) is 3. The fraction of sp³-hybridized carbons (Fsp3) is 0. The van der Waals surface area contributed by atoms with Crippen molar-refractivity contribution in [1.82, 2.24) is 15.0 Å². The second-order valence-corrected chi connectivity index (χ2v) is 4.35. The van der Waals surface area contributed by atoms with E-state index in [-0.39, 0.29) is 0 Å². The minimum Gasteiger partial charge on any atom is -0.410 e. The van der Waals surface area contributed by atoms with Crippen LogP contribution in [0.2, 0.25) is 5.02 Å². The van der Waals surface area contributed by atoms with E-state index in [1.54, 1.807) is 30.6 Å². The minimum atomic E-state index is 0.378. The number of pyridine rings is 2. The van der Waals surface area contributed by atoms with Gasteiger partial charge in [-0.2, -0.15) is 0 Å². The zero-order valence-corrected chi connectivity index (χ0v) is 10.5. The molecule has 3 rings (SSSR count). The Morgan fingerprint density at radius 1 is 1.21 bits per heavy atom. The van der Waals surface area contributed by atoms with Gasteiger partial charge < -0.3 is 10.2 Å². The molecule has 94 valence electrons. The lowest BCUT2D eigenvalue weighted by Gasteiger charge is -2.05. The lowest BCUT2D eigenvalue weighted by atomic mass is 10.1. The summed E-state index contributed by atoms with van der Waals surface area (Å²) in [5.74, 6) is 0. The maximum atomic E-state index is 9.28. The van der Waals surface area contributed by atoms with Crippen molar-refractivity contribution in [2.75, 3.05) is 0 Å². The molecule has 0 saturated carbocycles. The van der Waals surface area contributed by atoms with Gasteiger partial charge in [-0.05, 0) is 24.3 Å². The lowest BCUT2D eigenvalue weighted by Crippen LogP contribution is -2.06. The maximum Gasteiger partial charge on any atom is 0.137 e. The van der Waals surface area contributed by atoms with Crippen molar-refractivity contribution in [3.63, 3.8) is 0 Å². The summed E-state index contributed by atoms with van der Waals surface area (Å²) >= 11 is 5.80. The number of halogens is 1. The molecular formula is C13H9ClN4O. The fourth-order valence-corrected chi connectivity index (χ4v) is 2.04. The Hall–Kier alpha value is -2.40. The van der Waals surface area contributed by atoms with E-state index in [2.05, 4.69) is 20.1 Å². The van der Waals surface area contributed by atoms with Crippen LogP contribution in [0.4, 0.5) is 0 Å². The minimum absolute atomic E-state index is 0.378. The van der Waals surface area contributed by atoms with Gasteiger partial charge in [-0.15, -0.1) is 0 Å². The molecule has 0 atom stereocenters. The molecule has 0 unspecified atom stereocenters. The van der Waals surface area contributed by atoms with Crippen molar-refractivity contribution in [3.8, 4) is 0 Å². The molecule has 3 aromatic heterocycles. The summed E-state index contributed by atoms with van der Waals surface area (Å²) in [6, 6.07) is 7.06. The number of nitrogens with one attached hydrogen (secondary N) is 1. The molecule has 0 aliphatic rings. The molecule has 0 amide bonds. The second-order valence-electron chi connectivity index (χ2n) is 3.91. The number of aromatic amines is 1. The highest BCUT2D eigenvalue weighted by atomic mass is 35.5. The quantitative estimate of drug-likeness (QED) is 0.428. The van der Waals surface area contributed by atoms with Gasteiger partial charge in [-0.25, -0.2) is 4.98 Å². The molecule has 5 nitrogen and oxygen atoms in total. The first-order valence-electron chi connectivity index (χ1n) is 5.56. The van der Waals surface area contributed by atoms with Crippen LogP contribution in [0.15, 0.2) is 48.0 Å². The first-order chi connectivity index (χ1) is 9.29. The van der Waals surface area contributed by atoms with Crippen LogP contribution in [0.25, 0.3) is 11.0 Å². The Morgan fingerprint density at radius 3 is 2.84 bits per heavy atom. The van der Waals surface area contributed by atoms with Crippen LogP contribution in [-0.2, 0) is 0 Å². The molecule has 3 heterocycles. The van der Waals surface area contributed by atoms with E-state index in [9.17, 15) is 5.21 Å². The largest absolute Gasteiger partial charge is 0.410 e. The van der Waals surface area contributed by atoms with Crippen LogP contribution in [0.5, 0.6) is 0 Å². The summed E-state index contributed by atoms with van der Waals surface area (Å²) in [7, 11) is 0. The van der Waals surface area contributed by atoms with Gasteiger partial charge in [0.2, 0.25) is 0 Å². The first kappa shape index (κ1) is 11.7. The van der Waals surface area contributed by atoms with Crippen molar-refractivity contribution in [2.24, 2.45) is 5.16 Å². The molecule has 0 saturated heterocycles. The molecule has 19 heavy (non-hydrogen) atoms. The summed E-state index contributed by atoms with van der Waals surface area (Å²) in [6.45, 7) is 0. The van der Waals surface area contributed by atoms with E-state index in [1.807, 2.05) is 6.07 Å². The molecule has 0 bridgehead atoms. The van der Waals surface area contributed by atoms with E-state index in [0.717, 1.165) is 16.6 Å². The number of oxime groups is 1. The van der Waals surface area contributed by atoms with Crippen molar-refractivity contribution in [3.05, 3.63) is 59.1 Å². The van der Waals surface area contributed by atoms with E-state index in [1.165, 1.54) is 6.20 Å². The van der Waals surface area contributed by atoms with Crippen LogP contribution in [0.1, 0.15) is 11.3 Å². The summed E-state index contributed by atoms with van der Waals surface area (Å²) in [5, 5.41) is 14.0. The smallest absolute Gasteiger partial charge is 0.137 e. The van der Waals surface area contributed by atoms with Gasteiger partial charge in [0.05, 0.1) is 10.7 Å². The van der Waals surface area contributed by atoms with Crippen LogP contribution in [0.3, 0.4) is 0 Å². The van der Waals surface area contributed by atoms with Crippen LogP contribution >= 0.6 is 11.6 Å². The summed E-state index contributed by atoms with van der Waals surface area (Å²) < 4.78 is 0. The third-order valence-corrected chi connectivity index (χ3v) is 3.01. The molecule has 0 aromatic carbocycles. The third-order valence-electron chi connectivity index (χ3n) is 2.79. The zero-order chi connectivity index (χ0) is 13.2. The highest BCUT2D eigenvalue weighted by molar-refractivity contribution is 6.30. The molecule has 6 heteroatoms. The van der Waals surface area contributed by atoms with Crippen molar-refractivity contribution >= 4 is 28.3 Å². The summed E-state index contributed by atoms with van der Waals surface area (Å²) in [4.78, 5) is 11.4. The lowest BCUT2D eigenvalue weighted by molar-refractivity contribution is 0.319. The Labute approximate surface area is 113 Å². The third kappa shape index (κ3) is 2.04. The van der Waals surface area contributed by atoms with E-state index < -0.39 is 0 Å². The highest BCUT2D eigenvalue weighted by Crippen LogP contribution is 2.19. The number of aromatic nitrogens is 3. The van der Waals surface area contributed by atoms with Crippen LogP contribution in [0, 0.1) is 0 Å². The second kappa shape index (κ2) is 4.70. The van der Waals surface area contributed by atoms with Gasteiger partial charge in [0.1, 0.15) is 11.4 Å². The molecule has 2 N–H and O–H groups in total. The van der Waals surface area contributed by atoms with Gasteiger partial charge in [0.25, 0.3) is 0 Å². The first-order valence-corrected chi connectivity index (χ1v) is 5.94. The number of hydrogen-bond donors (Lipinski definition) is 2. The van der Waals surface area contributed by atoms with E-state index in [4.69, 9.17) is 11.6 Å². The molecule has 0 aliphatic heterocycles. The predicted octanol–water partition coefficient (Wildman–Crippen LogP) is 2.84. The van der Waals surface area contributed by atoms with Gasteiger partial charge in [-0.1, -0.05) is 16.8 Å². The monoisotopic (exact) mass is 272 g/mol. The number of rotatable bonds is 2. The van der Waals surface area contributed by atoms with Crippen LogP contribution < -0.4 is 0 Å². The average molecular weight is 273 g/mol. The Bertz CT molecular complexity index is 749. The molecule has 3 aromatic rings. The predicted molar refractivity (Wildman–Crippen MR) is 72.8 cm³/mol.